The first-order valence-corrected chi connectivity index (χ1v) is 8.73. The van der Waals surface area contributed by atoms with E-state index < -0.39 is 0 Å². The average Bonchev–Trinajstić information content (AvgIpc) is 2.96. The predicted molar refractivity (Wildman–Crippen MR) is 95.1 cm³/mol. The fraction of sp³-hybridized carbons (Fsp3) is 0.611. The van der Waals surface area contributed by atoms with Gasteiger partial charge in [-0.25, -0.2) is 0 Å². The highest BCUT2D eigenvalue weighted by Crippen LogP contribution is 2.11. The minimum absolute atomic E-state index is 0.0254. The smallest absolute Gasteiger partial charge is 0.224 e. The van der Waals surface area contributed by atoms with Crippen LogP contribution in [0.15, 0.2) is 24.4 Å². The third-order valence-corrected chi connectivity index (χ3v) is 4.34. The third-order valence-electron chi connectivity index (χ3n) is 4.34. The fourth-order valence-corrected chi connectivity index (χ4v) is 2.82. The van der Waals surface area contributed by atoms with Gasteiger partial charge in [-0.15, -0.1) is 0 Å². The van der Waals surface area contributed by atoms with Gasteiger partial charge in [0.05, 0.1) is 12.6 Å². The maximum Gasteiger partial charge on any atom is 0.224 e. The largest absolute Gasteiger partial charge is 0.383 e. The number of ether oxygens (including phenoxy) is 1. The molecule has 2 rings (SSSR count). The van der Waals surface area contributed by atoms with Crippen LogP contribution >= 0.6 is 0 Å². The molecule has 1 N–H and O–H groups in total. The topological polar surface area (TPSA) is 74.8 Å². The number of amides is 2. The molecule has 138 valence electrons. The van der Waals surface area contributed by atoms with Gasteiger partial charge in [-0.1, -0.05) is 6.07 Å². The second-order valence-electron chi connectivity index (χ2n) is 6.43. The van der Waals surface area contributed by atoms with Gasteiger partial charge in [-0.2, -0.15) is 0 Å². The number of carbonyl (C=O) groups is 2. The van der Waals surface area contributed by atoms with Gasteiger partial charge in [0.15, 0.2) is 0 Å². The second kappa shape index (κ2) is 10.1. The van der Waals surface area contributed by atoms with Crippen molar-refractivity contribution in [2.75, 3.05) is 46.9 Å². The Kier molecular flexibility index (Phi) is 7.81. The van der Waals surface area contributed by atoms with Gasteiger partial charge in [0.1, 0.15) is 0 Å². The summed E-state index contributed by atoms with van der Waals surface area (Å²) in [4.78, 5) is 32.3. The van der Waals surface area contributed by atoms with E-state index in [1.165, 1.54) is 0 Å². The molecule has 1 aliphatic heterocycles. The molecular weight excluding hydrogens is 320 g/mol. The summed E-state index contributed by atoms with van der Waals surface area (Å²) in [5.41, 5.74) is 0.904. The Balaban J connectivity index is 1.68. The summed E-state index contributed by atoms with van der Waals surface area (Å²) < 4.78 is 5.05. The highest BCUT2D eigenvalue weighted by atomic mass is 16.5. The lowest BCUT2D eigenvalue weighted by Gasteiger charge is -2.22. The van der Waals surface area contributed by atoms with Gasteiger partial charge in [0.25, 0.3) is 0 Å². The van der Waals surface area contributed by atoms with Crippen molar-refractivity contribution >= 4 is 11.8 Å². The molecule has 1 aromatic rings. The number of aryl methyl sites for hydroxylation is 1. The summed E-state index contributed by atoms with van der Waals surface area (Å²) >= 11 is 0. The molecule has 0 spiro atoms. The van der Waals surface area contributed by atoms with Crippen LogP contribution in [0.4, 0.5) is 0 Å². The van der Waals surface area contributed by atoms with Gasteiger partial charge in [0, 0.05) is 58.0 Å². The Labute approximate surface area is 149 Å². The highest BCUT2D eigenvalue weighted by Gasteiger charge is 2.30. The van der Waals surface area contributed by atoms with Gasteiger partial charge < -0.3 is 19.9 Å². The van der Waals surface area contributed by atoms with Crippen molar-refractivity contribution in [1.29, 1.82) is 0 Å². The summed E-state index contributed by atoms with van der Waals surface area (Å²) in [6, 6.07) is 5.59. The fourth-order valence-electron chi connectivity index (χ4n) is 2.82. The molecule has 0 saturated carbocycles. The van der Waals surface area contributed by atoms with E-state index in [1.807, 2.05) is 30.1 Å². The Morgan fingerprint density at radius 3 is 3.00 bits per heavy atom. The molecule has 2 amide bonds. The van der Waals surface area contributed by atoms with E-state index in [0.29, 0.717) is 39.0 Å². The lowest BCUT2D eigenvalue weighted by Crippen LogP contribution is -2.39. The predicted octanol–water partition coefficient (Wildman–Crippen LogP) is 0.310. The number of likely N-dealkylation sites (N-methyl/N-ethyl adjacent to an activating group) is 1. The zero-order valence-corrected chi connectivity index (χ0v) is 15.1. The number of rotatable bonds is 10. The standard InChI is InChI=1S/C18H28N4O3/c1-21(11-12-25-2)9-10-22-14-16(13-18(22)24)20-17(23)7-6-15-5-3-4-8-19-15/h3-5,8,16H,6-7,9-14H2,1-2H3,(H,20,23)/t16-/m0/s1. The Hall–Kier alpha value is -1.99. The number of nitrogens with one attached hydrogen (secondary N) is 1. The van der Waals surface area contributed by atoms with Crippen molar-refractivity contribution in [2.24, 2.45) is 0 Å². The quantitative estimate of drug-likeness (QED) is 0.659. The van der Waals surface area contributed by atoms with Crippen molar-refractivity contribution in [1.82, 2.24) is 20.1 Å². The Morgan fingerprint density at radius 2 is 2.28 bits per heavy atom. The molecule has 7 nitrogen and oxygen atoms in total. The molecule has 2 heterocycles. The molecule has 25 heavy (non-hydrogen) atoms. The first kappa shape index (κ1) is 19.3. The van der Waals surface area contributed by atoms with E-state index in [2.05, 4.69) is 15.2 Å². The molecule has 1 aromatic heterocycles. The number of methoxy groups -OCH3 is 1. The summed E-state index contributed by atoms with van der Waals surface area (Å²) in [5.74, 6) is 0.0812. The molecule has 1 atom stereocenters. The van der Waals surface area contributed by atoms with Crippen LogP contribution in [0.25, 0.3) is 0 Å². The number of aromatic nitrogens is 1. The first-order chi connectivity index (χ1) is 12.1. The molecule has 0 unspecified atom stereocenters. The van der Waals surface area contributed by atoms with E-state index >= 15 is 0 Å². The highest BCUT2D eigenvalue weighted by molar-refractivity contribution is 5.82. The van der Waals surface area contributed by atoms with Crippen LogP contribution in [0.2, 0.25) is 0 Å². The zero-order valence-electron chi connectivity index (χ0n) is 15.1. The second-order valence-corrected chi connectivity index (χ2v) is 6.43. The van der Waals surface area contributed by atoms with E-state index in [1.54, 1.807) is 13.3 Å². The SMILES string of the molecule is COCCN(C)CCN1C[C@@H](NC(=O)CCc2ccccn2)CC1=O. The maximum absolute atomic E-state index is 12.1. The van der Waals surface area contributed by atoms with Crippen LogP contribution in [0.3, 0.4) is 0 Å². The van der Waals surface area contributed by atoms with Gasteiger partial charge >= 0.3 is 0 Å². The number of hydrogen-bond acceptors (Lipinski definition) is 5. The molecule has 7 heteroatoms. The molecule has 0 radical (unpaired) electrons. The van der Waals surface area contributed by atoms with Gasteiger partial charge in [-0.05, 0) is 25.6 Å². The van der Waals surface area contributed by atoms with E-state index in [4.69, 9.17) is 4.74 Å². The lowest BCUT2D eigenvalue weighted by molar-refractivity contribution is -0.127. The molecule has 0 bridgehead atoms. The summed E-state index contributed by atoms with van der Waals surface area (Å²) in [6.07, 6.45) is 3.12. The first-order valence-electron chi connectivity index (χ1n) is 8.73. The normalized spacial score (nSPS) is 17.3. The molecular formula is C18H28N4O3. The van der Waals surface area contributed by atoms with Crippen LogP contribution in [0.1, 0.15) is 18.5 Å². The van der Waals surface area contributed by atoms with Crippen molar-refractivity contribution in [3.05, 3.63) is 30.1 Å². The molecule has 1 fully saturated rings. The van der Waals surface area contributed by atoms with E-state index in [0.717, 1.165) is 18.8 Å². The molecule has 0 aliphatic carbocycles. The molecule has 1 aliphatic rings. The number of carbonyl (C=O) groups excluding carboxylic acids is 2. The zero-order chi connectivity index (χ0) is 18.1. The van der Waals surface area contributed by atoms with Crippen LogP contribution < -0.4 is 5.32 Å². The van der Waals surface area contributed by atoms with E-state index in [-0.39, 0.29) is 17.9 Å². The number of nitrogens with zero attached hydrogens (tertiary/aromatic N) is 3. The maximum atomic E-state index is 12.1. The molecule has 0 aromatic carbocycles. The van der Waals surface area contributed by atoms with Crippen molar-refractivity contribution in [3.8, 4) is 0 Å². The molecule has 1 saturated heterocycles. The van der Waals surface area contributed by atoms with Crippen molar-refractivity contribution in [3.63, 3.8) is 0 Å². The van der Waals surface area contributed by atoms with E-state index in [9.17, 15) is 9.59 Å². The Bertz CT molecular complexity index is 553. The third kappa shape index (κ3) is 6.80. The van der Waals surface area contributed by atoms with Gasteiger partial charge in [-0.3, -0.25) is 14.6 Å². The van der Waals surface area contributed by atoms with Gasteiger partial charge in [0.2, 0.25) is 11.8 Å². The lowest BCUT2D eigenvalue weighted by atomic mass is 10.2. The monoisotopic (exact) mass is 348 g/mol. The van der Waals surface area contributed by atoms with Crippen molar-refractivity contribution in [2.45, 2.75) is 25.3 Å². The minimum Gasteiger partial charge on any atom is -0.383 e. The summed E-state index contributed by atoms with van der Waals surface area (Å²) in [6.45, 7) is 3.59. The Morgan fingerprint density at radius 1 is 1.44 bits per heavy atom. The van der Waals surface area contributed by atoms with Crippen LogP contribution in [0.5, 0.6) is 0 Å². The number of hydrogen-bond donors (Lipinski definition) is 1. The number of likely N-dealkylation sites (tertiary alicyclic amines) is 1. The number of pyridine rings is 1. The minimum atomic E-state index is -0.0898. The van der Waals surface area contributed by atoms with Crippen LogP contribution in [-0.4, -0.2) is 79.6 Å². The van der Waals surface area contributed by atoms with Crippen LogP contribution in [0, 0.1) is 0 Å². The van der Waals surface area contributed by atoms with Crippen molar-refractivity contribution < 1.29 is 14.3 Å². The van der Waals surface area contributed by atoms with Crippen LogP contribution in [-0.2, 0) is 20.7 Å². The average molecular weight is 348 g/mol. The summed E-state index contributed by atoms with van der Waals surface area (Å²) in [7, 11) is 3.69. The summed E-state index contributed by atoms with van der Waals surface area (Å²) in [5, 5.41) is 2.97.